The van der Waals surface area contributed by atoms with Gasteiger partial charge in [0.05, 0.1) is 11.3 Å². The van der Waals surface area contributed by atoms with Gasteiger partial charge in [0.15, 0.2) is 0 Å². The van der Waals surface area contributed by atoms with E-state index in [1.807, 2.05) is 25.1 Å². The average Bonchev–Trinajstić information content (AvgIpc) is 3.03. The van der Waals surface area contributed by atoms with Crippen molar-refractivity contribution in [3.8, 4) is 11.1 Å². The van der Waals surface area contributed by atoms with Gasteiger partial charge in [-0.2, -0.15) is 5.10 Å². The van der Waals surface area contributed by atoms with E-state index in [0.29, 0.717) is 11.6 Å². The minimum atomic E-state index is -0.133. The van der Waals surface area contributed by atoms with Crippen LogP contribution in [-0.4, -0.2) is 28.2 Å². The highest BCUT2D eigenvalue weighted by molar-refractivity contribution is 5.63. The van der Waals surface area contributed by atoms with E-state index >= 15 is 0 Å². The maximum absolute atomic E-state index is 12.0. The summed E-state index contributed by atoms with van der Waals surface area (Å²) in [6.07, 6.45) is 2.57. The number of rotatable bonds is 3. The second kappa shape index (κ2) is 5.82. The molecule has 1 aromatic heterocycles. The SMILES string of the molecule is Cc1cc(-c2cccc([C@@H](C)N3CCCC3)c2)c(=O)[nH]n1. The zero-order chi connectivity index (χ0) is 14.8. The predicted molar refractivity (Wildman–Crippen MR) is 84.3 cm³/mol. The number of nitrogens with zero attached hydrogens (tertiary/aromatic N) is 2. The van der Waals surface area contributed by atoms with Crippen LogP contribution in [0.25, 0.3) is 11.1 Å². The smallest absolute Gasteiger partial charge is 0.272 e. The van der Waals surface area contributed by atoms with E-state index < -0.39 is 0 Å². The Balaban J connectivity index is 1.96. The van der Waals surface area contributed by atoms with Crippen LogP contribution in [0.15, 0.2) is 35.1 Å². The number of aryl methyl sites for hydroxylation is 1. The molecule has 0 aliphatic carbocycles. The first-order valence-corrected chi connectivity index (χ1v) is 7.56. The van der Waals surface area contributed by atoms with Crippen molar-refractivity contribution in [2.45, 2.75) is 32.7 Å². The van der Waals surface area contributed by atoms with Crippen molar-refractivity contribution in [1.82, 2.24) is 15.1 Å². The molecule has 1 fully saturated rings. The van der Waals surface area contributed by atoms with Gasteiger partial charge < -0.3 is 0 Å². The highest BCUT2D eigenvalue weighted by Gasteiger charge is 2.19. The average molecular weight is 283 g/mol. The van der Waals surface area contributed by atoms with Crippen LogP contribution >= 0.6 is 0 Å². The van der Waals surface area contributed by atoms with E-state index in [4.69, 9.17) is 0 Å². The zero-order valence-corrected chi connectivity index (χ0v) is 12.6. The topological polar surface area (TPSA) is 49.0 Å². The molecule has 4 heteroatoms. The molecular formula is C17H21N3O. The van der Waals surface area contributed by atoms with Crippen LogP contribution in [0.5, 0.6) is 0 Å². The number of H-pyrrole nitrogens is 1. The highest BCUT2D eigenvalue weighted by atomic mass is 16.1. The van der Waals surface area contributed by atoms with Gasteiger partial charge in [-0.3, -0.25) is 9.69 Å². The molecule has 2 aromatic rings. The summed E-state index contributed by atoms with van der Waals surface area (Å²) in [5.41, 5.74) is 3.61. The van der Waals surface area contributed by atoms with Crippen molar-refractivity contribution < 1.29 is 0 Å². The minimum Gasteiger partial charge on any atom is -0.297 e. The van der Waals surface area contributed by atoms with E-state index in [0.717, 1.165) is 11.3 Å². The summed E-state index contributed by atoms with van der Waals surface area (Å²) in [4.78, 5) is 14.5. The van der Waals surface area contributed by atoms with Gasteiger partial charge >= 0.3 is 0 Å². The first-order chi connectivity index (χ1) is 10.1. The molecular weight excluding hydrogens is 262 g/mol. The number of aromatic amines is 1. The number of likely N-dealkylation sites (tertiary alicyclic amines) is 1. The van der Waals surface area contributed by atoms with Gasteiger partial charge in [0.1, 0.15) is 0 Å². The number of hydrogen-bond donors (Lipinski definition) is 1. The Morgan fingerprint density at radius 1 is 1.24 bits per heavy atom. The Morgan fingerprint density at radius 3 is 2.76 bits per heavy atom. The third-order valence-electron chi connectivity index (χ3n) is 4.30. The summed E-state index contributed by atoms with van der Waals surface area (Å²) in [5.74, 6) is 0. The second-order valence-corrected chi connectivity index (χ2v) is 5.80. The Morgan fingerprint density at radius 2 is 2.00 bits per heavy atom. The molecule has 0 radical (unpaired) electrons. The van der Waals surface area contributed by atoms with Crippen molar-refractivity contribution >= 4 is 0 Å². The monoisotopic (exact) mass is 283 g/mol. The minimum absolute atomic E-state index is 0.133. The second-order valence-electron chi connectivity index (χ2n) is 5.80. The summed E-state index contributed by atoms with van der Waals surface area (Å²) in [7, 11) is 0. The molecule has 0 amide bonds. The molecule has 1 aliphatic heterocycles. The number of benzene rings is 1. The van der Waals surface area contributed by atoms with Gasteiger partial charge in [0.2, 0.25) is 0 Å². The molecule has 1 aliphatic rings. The van der Waals surface area contributed by atoms with Crippen LogP contribution in [0.3, 0.4) is 0 Å². The van der Waals surface area contributed by atoms with Gasteiger partial charge in [0, 0.05) is 6.04 Å². The molecule has 0 bridgehead atoms. The van der Waals surface area contributed by atoms with E-state index in [2.05, 4.69) is 34.2 Å². The molecule has 1 aromatic carbocycles. The van der Waals surface area contributed by atoms with Crippen molar-refractivity contribution in [3.63, 3.8) is 0 Å². The van der Waals surface area contributed by atoms with Crippen LogP contribution in [-0.2, 0) is 0 Å². The van der Waals surface area contributed by atoms with E-state index in [1.54, 1.807) is 0 Å². The molecule has 3 rings (SSSR count). The molecule has 0 saturated carbocycles. The van der Waals surface area contributed by atoms with Crippen LogP contribution in [0.2, 0.25) is 0 Å². The van der Waals surface area contributed by atoms with Crippen molar-refractivity contribution in [1.29, 1.82) is 0 Å². The molecule has 110 valence electrons. The molecule has 0 spiro atoms. The molecule has 1 N–H and O–H groups in total. The third kappa shape index (κ3) is 2.90. The van der Waals surface area contributed by atoms with E-state index in [1.165, 1.54) is 31.5 Å². The normalized spacial score (nSPS) is 17.0. The lowest BCUT2D eigenvalue weighted by atomic mass is 10.0. The van der Waals surface area contributed by atoms with Gasteiger partial charge in [-0.25, -0.2) is 5.10 Å². The Kier molecular flexibility index (Phi) is 3.88. The van der Waals surface area contributed by atoms with Crippen LogP contribution in [0.4, 0.5) is 0 Å². The quantitative estimate of drug-likeness (QED) is 0.942. The standard InChI is InChI=1S/C17H21N3O/c1-12-10-16(17(21)19-18-12)15-7-5-6-14(11-15)13(2)20-8-3-4-9-20/h5-7,10-11,13H,3-4,8-9H2,1-2H3,(H,19,21)/t13-/m1/s1. The van der Waals surface area contributed by atoms with Crippen LogP contribution in [0, 0.1) is 6.92 Å². The predicted octanol–water partition coefficient (Wildman–Crippen LogP) is 2.90. The summed E-state index contributed by atoms with van der Waals surface area (Å²) >= 11 is 0. The Bertz CT molecular complexity index is 686. The lowest BCUT2D eigenvalue weighted by Crippen LogP contribution is -2.23. The van der Waals surface area contributed by atoms with Gasteiger partial charge in [-0.15, -0.1) is 0 Å². The van der Waals surface area contributed by atoms with Crippen molar-refractivity contribution in [2.75, 3.05) is 13.1 Å². The number of hydrogen-bond acceptors (Lipinski definition) is 3. The molecule has 21 heavy (non-hydrogen) atoms. The molecule has 2 heterocycles. The molecule has 1 saturated heterocycles. The van der Waals surface area contributed by atoms with Crippen LogP contribution < -0.4 is 5.56 Å². The Hall–Kier alpha value is -1.94. The number of nitrogens with one attached hydrogen (secondary N) is 1. The first kappa shape index (κ1) is 14.0. The van der Waals surface area contributed by atoms with E-state index in [9.17, 15) is 4.79 Å². The Labute approximate surface area is 124 Å². The largest absolute Gasteiger partial charge is 0.297 e. The van der Waals surface area contributed by atoms with Gasteiger partial charge in [-0.1, -0.05) is 18.2 Å². The molecule has 4 nitrogen and oxygen atoms in total. The molecule has 0 unspecified atom stereocenters. The van der Waals surface area contributed by atoms with E-state index in [-0.39, 0.29) is 5.56 Å². The first-order valence-electron chi connectivity index (χ1n) is 7.56. The fourth-order valence-corrected chi connectivity index (χ4v) is 3.03. The lowest BCUT2D eigenvalue weighted by molar-refractivity contribution is 0.263. The molecule has 1 atom stereocenters. The summed E-state index contributed by atoms with van der Waals surface area (Å²) < 4.78 is 0. The van der Waals surface area contributed by atoms with Gasteiger partial charge in [0.25, 0.3) is 5.56 Å². The number of aromatic nitrogens is 2. The fraction of sp³-hybridized carbons (Fsp3) is 0.412. The van der Waals surface area contributed by atoms with Crippen molar-refractivity contribution in [2.24, 2.45) is 0 Å². The summed E-state index contributed by atoms with van der Waals surface area (Å²) in [5, 5.41) is 6.49. The van der Waals surface area contributed by atoms with Crippen LogP contribution in [0.1, 0.15) is 37.1 Å². The lowest BCUT2D eigenvalue weighted by Gasteiger charge is -2.24. The maximum Gasteiger partial charge on any atom is 0.272 e. The fourth-order valence-electron chi connectivity index (χ4n) is 3.03. The third-order valence-corrected chi connectivity index (χ3v) is 4.30. The maximum atomic E-state index is 12.0. The summed E-state index contributed by atoms with van der Waals surface area (Å²) in [6.45, 7) is 6.46. The zero-order valence-electron chi connectivity index (χ0n) is 12.6. The summed E-state index contributed by atoms with van der Waals surface area (Å²) in [6, 6.07) is 10.5. The van der Waals surface area contributed by atoms with Crippen molar-refractivity contribution in [3.05, 3.63) is 51.9 Å². The highest BCUT2D eigenvalue weighted by Crippen LogP contribution is 2.27. The van der Waals surface area contributed by atoms with Gasteiger partial charge in [-0.05, 0) is 63.0 Å².